The van der Waals surface area contributed by atoms with Gasteiger partial charge in [0.25, 0.3) is 5.91 Å². The van der Waals surface area contributed by atoms with Gasteiger partial charge < -0.3 is 14.7 Å². The van der Waals surface area contributed by atoms with Gasteiger partial charge in [-0.1, -0.05) is 12.1 Å². The molecule has 0 saturated carbocycles. The van der Waals surface area contributed by atoms with Crippen molar-refractivity contribution in [2.45, 2.75) is 6.42 Å². The van der Waals surface area contributed by atoms with E-state index >= 15 is 0 Å². The summed E-state index contributed by atoms with van der Waals surface area (Å²) in [7, 11) is 0. The van der Waals surface area contributed by atoms with Gasteiger partial charge in [0.2, 0.25) is 0 Å². The lowest BCUT2D eigenvalue weighted by atomic mass is 10.1. The van der Waals surface area contributed by atoms with E-state index in [1.807, 2.05) is 4.90 Å². The number of nitrogens with zero attached hydrogens (tertiary/aromatic N) is 2. The van der Waals surface area contributed by atoms with E-state index in [9.17, 15) is 9.90 Å². The van der Waals surface area contributed by atoms with Crippen LogP contribution in [-0.4, -0.2) is 66.8 Å². The third-order valence-corrected chi connectivity index (χ3v) is 6.28. The summed E-state index contributed by atoms with van der Waals surface area (Å²) in [5.74, 6) is 0.210. The van der Waals surface area contributed by atoms with Crippen molar-refractivity contribution >= 4 is 27.3 Å². The number of hydrogen-bond acceptors (Lipinski definition) is 5. The first-order valence-electron chi connectivity index (χ1n) is 10.0. The zero-order chi connectivity index (χ0) is 20.1. The molecule has 2 aromatic carbocycles. The normalized spacial score (nSPS) is 15.1. The van der Waals surface area contributed by atoms with Crippen LogP contribution in [-0.2, 0) is 11.2 Å². The standard InChI is InChI=1S/C23H26N2O3S/c26-21-4-2-19(3-5-21)23(27)25-11-9-24(10-12-25)13-15-28-14-7-18-1-6-22-20(17-18)8-16-29-22/h1-6,8,16-17,26H,7,9-15H2. The van der Waals surface area contributed by atoms with Gasteiger partial charge in [0, 0.05) is 43.0 Å². The van der Waals surface area contributed by atoms with Crippen molar-refractivity contribution in [3.05, 3.63) is 65.0 Å². The fraction of sp³-hybridized carbons (Fsp3) is 0.348. The summed E-state index contributed by atoms with van der Waals surface area (Å²) in [5, 5.41) is 12.8. The van der Waals surface area contributed by atoms with Gasteiger partial charge in [-0.3, -0.25) is 9.69 Å². The van der Waals surface area contributed by atoms with Crippen LogP contribution in [0.2, 0.25) is 0 Å². The fourth-order valence-electron chi connectivity index (χ4n) is 3.62. The zero-order valence-electron chi connectivity index (χ0n) is 16.4. The van der Waals surface area contributed by atoms with Gasteiger partial charge in [-0.2, -0.15) is 0 Å². The number of phenolic OH excluding ortho intramolecular Hbond substituents is 1. The van der Waals surface area contributed by atoms with E-state index < -0.39 is 0 Å². The Bertz CT molecular complexity index is 946. The van der Waals surface area contributed by atoms with Crippen molar-refractivity contribution in [3.8, 4) is 5.75 Å². The molecule has 0 atom stereocenters. The molecule has 3 aromatic rings. The van der Waals surface area contributed by atoms with Crippen molar-refractivity contribution < 1.29 is 14.6 Å². The molecular formula is C23H26N2O3S. The van der Waals surface area contributed by atoms with E-state index in [-0.39, 0.29) is 11.7 Å². The fourth-order valence-corrected chi connectivity index (χ4v) is 4.39. The monoisotopic (exact) mass is 410 g/mol. The van der Waals surface area contributed by atoms with E-state index in [2.05, 4.69) is 34.5 Å². The number of fused-ring (bicyclic) bond motifs is 1. The van der Waals surface area contributed by atoms with Gasteiger partial charge in [-0.05, 0) is 59.1 Å². The summed E-state index contributed by atoms with van der Waals surface area (Å²) in [5.41, 5.74) is 1.94. The Balaban J connectivity index is 1.14. The quantitative estimate of drug-likeness (QED) is 0.605. The van der Waals surface area contributed by atoms with E-state index in [4.69, 9.17) is 4.74 Å². The van der Waals surface area contributed by atoms with Crippen molar-refractivity contribution in [1.82, 2.24) is 9.80 Å². The number of carbonyl (C=O) groups excluding carboxylic acids is 1. The Morgan fingerprint density at radius 1 is 1.00 bits per heavy atom. The van der Waals surface area contributed by atoms with Crippen molar-refractivity contribution in [2.24, 2.45) is 0 Å². The molecule has 1 N–H and O–H groups in total. The molecule has 152 valence electrons. The number of amides is 1. The van der Waals surface area contributed by atoms with Crippen LogP contribution in [0.4, 0.5) is 0 Å². The molecule has 0 aliphatic carbocycles. The number of hydrogen-bond donors (Lipinski definition) is 1. The third kappa shape index (κ3) is 5.15. The number of rotatable bonds is 7. The molecule has 0 spiro atoms. The van der Waals surface area contributed by atoms with Gasteiger partial charge >= 0.3 is 0 Å². The average molecular weight is 411 g/mol. The number of benzene rings is 2. The van der Waals surface area contributed by atoms with Gasteiger partial charge in [-0.25, -0.2) is 0 Å². The minimum Gasteiger partial charge on any atom is -0.508 e. The molecule has 0 bridgehead atoms. The van der Waals surface area contributed by atoms with Crippen LogP contribution in [0.5, 0.6) is 5.75 Å². The molecule has 29 heavy (non-hydrogen) atoms. The van der Waals surface area contributed by atoms with Crippen LogP contribution in [0.3, 0.4) is 0 Å². The molecule has 1 fully saturated rings. The topological polar surface area (TPSA) is 53.0 Å². The molecule has 1 aromatic heterocycles. The van der Waals surface area contributed by atoms with Gasteiger partial charge in [0.05, 0.1) is 13.2 Å². The second-order valence-corrected chi connectivity index (χ2v) is 8.28. The molecule has 6 heteroatoms. The number of thiophene rings is 1. The van der Waals surface area contributed by atoms with Gasteiger partial charge in [0.15, 0.2) is 0 Å². The molecule has 1 saturated heterocycles. The first-order valence-corrected chi connectivity index (χ1v) is 10.9. The molecule has 1 aliphatic rings. The SMILES string of the molecule is O=C(c1ccc(O)cc1)N1CCN(CCOCCc2ccc3sccc3c2)CC1. The maximum absolute atomic E-state index is 12.5. The Labute approximate surface area is 175 Å². The molecule has 1 aliphatic heterocycles. The predicted octanol–water partition coefficient (Wildman–Crippen LogP) is 3.62. The van der Waals surface area contributed by atoms with Crippen LogP contribution in [0, 0.1) is 0 Å². The first-order chi connectivity index (χ1) is 14.2. The minimum absolute atomic E-state index is 0.0310. The number of ether oxygens (including phenoxy) is 1. The Morgan fingerprint density at radius 3 is 2.59 bits per heavy atom. The van der Waals surface area contributed by atoms with Crippen LogP contribution in [0.25, 0.3) is 10.1 Å². The van der Waals surface area contributed by atoms with Crippen molar-refractivity contribution in [2.75, 3.05) is 45.9 Å². The highest BCUT2D eigenvalue weighted by Gasteiger charge is 2.21. The van der Waals surface area contributed by atoms with Gasteiger partial charge in [0.1, 0.15) is 5.75 Å². The maximum atomic E-state index is 12.5. The summed E-state index contributed by atoms with van der Waals surface area (Å²) >= 11 is 1.77. The predicted molar refractivity (Wildman–Crippen MR) is 117 cm³/mol. The number of carbonyl (C=O) groups is 1. The molecule has 5 nitrogen and oxygen atoms in total. The van der Waals surface area contributed by atoms with E-state index in [0.717, 1.165) is 45.8 Å². The minimum atomic E-state index is 0.0310. The van der Waals surface area contributed by atoms with E-state index in [0.29, 0.717) is 12.2 Å². The molecule has 0 unspecified atom stereocenters. The summed E-state index contributed by atoms with van der Waals surface area (Å²) in [6.07, 6.45) is 0.931. The smallest absolute Gasteiger partial charge is 0.253 e. The first kappa shape index (κ1) is 19.9. The Hall–Kier alpha value is -2.41. The lowest BCUT2D eigenvalue weighted by molar-refractivity contribution is 0.0555. The highest BCUT2D eigenvalue weighted by Crippen LogP contribution is 2.22. The lowest BCUT2D eigenvalue weighted by Gasteiger charge is -2.34. The second kappa shape index (κ2) is 9.39. The summed E-state index contributed by atoms with van der Waals surface area (Å²) in [6.45, 7) is 5.51. The molecule has 4 rings (SSSR count). The maximum Gasteiger partial charge on any atom is 0.253 e. The van der Waals surface area contributed by atoms with Crippen molar-refractivity contribution in [3.63, 3.8) is 0 Å². The molecular weight excluding hydrogens is 384 g/mol. The molecule has 0 radical (unpaired) electrons. The van der Waals surface area contributed by atoms with E-state index in [1.54, 1.807) is 35.6 Å². The second-order valence-electron chi connectivity index (χ2n) is 7.34. The van der Waals surface area contributed by atoms with Crippen LogP contribution in [0.15, 0.2) is 53.9 Å². The molecule has 1 amide bonds. The van der Waals surface area contributed by atoms with Crippen LogP contribution < -0.4 is 0 Å². The molecule has 2 heterocycles. The third-order valence-electron chi connectivity index (χ3n) is 5.38. The van der Waals surface area contributed by atoms with Crippen LogP contribution >= 0.6 is 11.3 Å². The summed E-state index contributed by atoms with van der Waals surface area (Å²) in [4.78, 5) is 16.7. The Morgan fingerprint density at radius 2 is 1.79 bits per heavy atom. The number of phenols is 1. The lowest BCUT2D eigenvalue weighted by Crippen LogP contribution is -2.49. The zero-order valence-corrected chi connectivity index (χ0v) is 17.2. The average Bonchev–Trinajstić information content (AvgIpc) is 3.22. The van der Waals surface area contributed by atoms with Crippen LogP contribution in [0.1, 0.15) is 15.9 Å². The highest BCUT2D eigenvalue weighted by molar-refractivity contribution is 7.17. The largest absolute Gasteiger partial charge is 0.508 e. The Kier molecular flexibility index (Phi) is 6.44. The highest BCUT2D eigenvalue weighted by atomic mass is 32.1. The summed E-state index contributed by atoms with van der Waals surface area (Å²) < 4.78 is 7.18. The van der Waals surface area contributed by atoms with Gasteiger partial charge in [-0.15, -0.1) is 11.3 Å². The van der Waals surface area contributed by atoms with E-state index in [1.165, 1.54) is 15.6 Å². The van der Waals surface area contributed by atoms with Crippen molar-refractivity contribution in [1.29, 1.82) is 0 Å². The number of piperazine rings is 1. The number of aromatic hydroxyl groups is 1. The summed E-state index contributed by atoms with van der Waals surface area (Å²) in [6, 6.07) is 15.2.